The third-order valence-electron chi connectivity index (χ3n) is 10.4. The molecular formula is C27H42N2O2. The number of rotatable bonds is 4. The van der Waals surface area contributed by atoms with Crippen molar-refractivity contribution in [3.8, 4) is 0 Å². The fourth-order valence-corrected chi connectivity index (χ4v) is 8.62. The van der Waals surface area contributed by atoms with Gasteiger partial charge in [-0.2, -0.15) is 0 Å². The molecule has 0 bridgehead atoms. The summed E-state index contributed by atoms with van der Waals surface area (Å²) in [6.45, 7) is 10.2. The van der Waals surface area contributed by atoms with Crippen molar-refractivity contribution >= 4 is 11.5 Å². The molecule has 0 radical (unpaired) electrons. The molecule has 4 heteroatoms. The normalized spacial score (nSPS) is 45.4. The van der Waals surface area contributed by atoms with Gasteiger partial charge in [-0.05, 0) is 106 Å². The second-order valence-corrected chi connectivity index (χ2v) is 11.9. The van der Waals surface area contributed by atoms with Crippen molar-refractivity contribution in [1.29, 1.82) is 0 Å². The van der Waals surface area contributed by atoms with Gasteiger partial charge in [-0.15, -0.1) is 0 Å². The van der Waals surface area contributed by atoms with E-state index in [9.17, 15) is 4.79 Å². The van der Waals surface area contributed by atoms with Gasteiger partial charge in [0.2, 0.25) is 0 Å². The SMILES string of the molecule is C/C(=N\OCC1CCCNC1)[C@H]1CC[C@H]2[C@@H]3CCC4=CC(=O)CC[C@]4(C)[C@H]3CC[C@]12C. The van der Waals surface area contributed by atoms with E-state index in [0.717, 1.165) is 56.7 Å². The molecule has 3 saturated carbocycles. The van der Waals surface area contributed by atoms with Gasteiger partial charge in [0.15, 0.2) is 5.78 Å². The number of hydrogen-bond acceptors (Lipinski definition) is 4. The first-order valence-electron chi connectivity index (χ1n) is 13.0. The fourth-order valence-electron chi connectivity index (χ4n) is 8.62. The first kappa shape index (κ1) is 21.7. The highest BCUT2D eigenvalue weighted by atomic mass is 16.6. The third kappa shape index (κ3) is 3.71. The van der Waals surface area contributed by atoms with E-state index >= 15 is 0 Å². The molecule has 31 heavy (non-hydrogen) atoms. The van der Waals surface area contributed by atoms with Crippen LogP contribution in [0.15, 0.2) is 16.8 Å². The van der Waals surface area contributed by atoms with E-state index in [-0.39, 0.29) is 5.41 Å². The van der Waals surface area contributed by atoms with E-state index in [0.29, 0.717) is 23.0 Å². The van der Waals surface area contributed by atoms with E-state index in [1.807, 2.05) is 6.08 Å². The Hall–Kier alpha value is -1.16. The summed E-state index contributed by atoms with van der Waals surface area (Å²) in [7, 11) is 0. The molecule has 1 saturated heterocycles. The van der Waals surface area contributed by atoms with Crippen molar-refractivity contribution in [2.45, 2.75) is 85.0 Å². The number of fused-ring (bicyclic) bond motifs is 5. The quantitative estimate of drug-likeness (QED) is 0.475. The summed E-state index contributed by atoms with van der Waals surface area (Å²) in [6.07, 6.45) is 14.0. The molecule has 172 valence electrons. The van der Waals surface area contributed by atoms with Crippen LogP contribution in [0.4, 0.5) is 0 Å². The molecular weight excluding hydrogens is 384 g/mol. The van der Waals surface area contributed by atoms with Gasteiger partial charge < -0.3 is 10.2 Å². The number of nitrogens with one attached hydrogen (secondary N) is 1. The molecule has 1 N–H and O–H groups in total. The Morgan fingerprint density at radius 1 is 1.13 bits per heavy atom. The van der Waals surface area contributed by atoms with Crippen molar-refractivity contribution < 1.29 is 9.63 Å². The molecule has 0 aromatic rings. The summed E-state index contributed by atoms with van der Waals surface area (Å²) in [4.78, 5) is 17.9. The largest absolute Gasteiger partial charge is 0.396 e. The number of piperidine rings is 1. The predicted octanol–water partition coefficient (Wildman–Crippen LogP) is 5.53. The lowest BCUT2D eigenvalue weighted by Gasteiger charge is -2.58. The number of carbonyl (C=O) groups is 1. The summed E-state index contributed by atoms with van der Waals surface area (Å²) < 4.78 is 0. The number of oxime groups is 1. The van der Waals surface area contributed by atoms with Crippen LogP contribution in [0.5, 0.6) is 0 Å². The third-order valence-corrected chi connectivity index (χ3v) is 10.4. The molecule has 4 nitrogen and oxygen atoms in total. The molecule has 0 spiro atoms. The minimum absolute atomic E-state index is 0.274. The first-order valence-corrected chi connectivity index (χ1v) is 13.0. The summed E-state index contributed by atoms with van der Waals surface area (Å²) in [5, 5.41) is 8.14. The van der Waals surface area contributed by atoms with Crippen molar-refractivity contribution in [3.05, 3.63) is 11.6 Å². The molecule has 1 unspecified atom stereocenters. The fraction of sp³-hybridized carbons (Fsp3) is 0.852. The zero-order valence-electron chi connectivity index (χ0n) is 19.9. The topological polar surface area (TPSA) is 50.7 Å². The highest BCUT2D eigenvalue weighted by Crippen LogP contribution is 2.66. The van der Waals surface area contributed by atoms with E-state index in [4.69, 9.17) is 4.84 Å². The molecule has 0 aromatic heterocycles. The van der Waals surface area contributed by atoms with E-state index in [1.165, 1.54) is 56.2 Å². The Labute approximate surface area is 188 Å². The Kier molecular flexibility index (Phi) is 5.82. The maximum atomic E-state index is 12.1. The highest BCUT2D eigenvalue weighted by molar-refractivity contribution is 5.91. The number of carbonyl (C=O) groups excluding carboxylic acids is 1. The maximum absolute atomic E-state index is 12.1. The van der Waals surface area contributed by atoms with E-state index in [2.05, 4.69) is 31.2 Å². The van der Waals surface area contributed by atoms with Crippen LogP contribution in [0.25, 0.3) is 0 Å². The zero-order chi connectivity index (χ0) is 21.6. The van der Waals surface area contributed by atoms with E-state index in [1.54, 1.807) is 0 Å². The lowest BCUT2D eigenvalue weighted by molar-refractivity contribution is -0.117. The Morgan fingerprint density at radius 3 is 2.81 bits per heavy atom. The summed E-state index contributed by atoms with van der Waals surface area (Å²) in [5.41, 5.74) is 3.35. The number of hydrogen-bond donors (Lipinski definition) is 1. The van der Waals surface area contributed by atoms with Gasteiger partial charge in [-0.3, -0.25) is 4.79 Å². The van der Waals surface area contributed by atoms with Crippen molar-refractivity contribution in [3.63, 3.8) is 0 Å². The van der Waals surface area contributed by atoms with Gasteiger partial charge in [0.25, 0.3) is 0 Å². The molecule has 0 aromatic carbocycles. The maximum Gasteiger partial charge on any atom is 0.155 e. The second kappa shape index (κ2) is 8.32. The van der Waals surface area contributed by atoms with Gasteiger partial charge in [0, 0.05) is 24.8 Å². The smallest absolute Gasteiger partial charge is 0.155 e. The van der Waals surface area contributed by atoms with Gasteiger partial charge in [-0.1, -0.05) is 24.6 Å². The Morgan fingerprint density at radius 2 is 2.00 bits per heavy atom. The van der Waals surface area contributed by atoms with Crippen LogP contribution in [-0.2, 0) is 9.63 Å². The summed E-state index contributed by atoms with van der Waals surface area (Å²) in [5.74, 6) is 3.94. The van der Waals surface area contributed by atoms with Crippen LogP contribution in [0.1, 0.15) is 85.0 Å². The lowest BCUT2D eigenvalue weighted by Crippen LogP contribution is -2.51. The molecule has 0 amide bonds. The van der Waals surface area contributed by atoms with Crippen LogP contribution in [-0.4, -0.2) is 31.2 Å². The standard InChI is InChI=1S/C27H42N2O2/c1-18(29-31-17-19-5-4-14-28-16-19)23-8-9-24-22-7-6-20-15-21(30)10-12-26(20,2)25(22)11-13-27(23,24)3/h15,19,22-25,28H,4-14,16-17H2,1-3H3/b29-18+/t19?,22-,23+,24-,25-,26-,27+/m0/s1. The van der Waals surface area contributed by atoms with E-state index < -0.39 is 0 Å². The van der Waals surface area contributed by atoms with Crippen molar-refractivity contribution in [1.82, 2.24) is 5.32 Å². The average Bonchev–Trinajstić information content (AvgIpc) is 3.12. The van der Waals surface area contributed by atoms with Gasteiger partial charge in [-0.25, -0.2) is 0 Å². The van der Waals surface area contributed by atoms with Crippen LogP contribution in [0.3, 0.4) is 0 Å². The molecule has 1 heterocycles. The molecule has 4 fully saturated rings. The van der Waals surface area contributed by atoms with Crippen molar-refractivity contribution in [2.75, 3.05) is 19.7 Å². The molecule has 5 rings (SSSR count). The highest BCUT2D eigenvalue weighted by Gasteiger charge is 2.59. The molecule has 1 aliphatic heterocycles. The molecule has 4 aliphatic carbocycles. The van der Waals surface area contributed by atoms with Crippen molar-refractivity contribution in [2.24, 2.45) is 45.6 Å². The first-order chi connectivity index (χ1) is 14.9. The molecule has 7 atom stereocenters. The number of nitrogens with zero attached hydrogens (tertiary/aromatic N) is 1. The second-order valence-electron chi connectivity index (χ2n) is 11.9. The number of ketones is 1. The zero-order valence-corrected chi connectivity index (χ0v) is 19.9. The Bertz CT molecular complexity index is 767. The van der Waals surface area contributed by atoms with Gasteiger partial charge >= 0.3 is 0 Å². The van der Waals surface area contributed by atoms with Crippen LogP contribution < -0.4 is 5.32 Å². The minimum atomic E-state index is 0.274. The van der Waals surface area contributed by atoms with Crippen LogP contribution in [0.2, 0.25) is 0 Å². The average molecular weight is 427 g/mol. The Balaban J connectivity index is 1.28. The monoisotopic (exact) mass is 426 g/mol. The van der Waals surface area contributed by atoms with Crippen LogP contribution >= 0.6 is 0 Å². The molecule has 5 aliphatic rings. The minimum Gasteiger partial charge on any atom is -0.396 e. The summed E-state index contributed by atoms with van der Waals surface area (Å²) >= 11 is 0. The van der Waals surface area contributed by atoms with Gasteiger partial charge in [0.05, 0.1) is 5.71 Å². The summed E-state index contributed by atoms with van der Waals surface area (Å²) in [6, 6.07) is 0. The van der Waals surface area contributed by atoms with Crippen LogP contribution in [0, 0.1) is 40.4 Å². The number of allylic oxidation sites excluding steroid dienone is 1. The lowest BCUT2D eigenvalue weighted by atomic mass is 9.46. The van der Waals surface area contributed by atoms with Gasteiger partial charge in [0.1, 0.15) is 6.61 Å². The predicted molar refractivity (Wildman–Crippen MR) is 125 cm³/mol.